The monoisotopic (exact) mass is 253 g/mol. The highest BCUT2D eigenvalue weighted by molar-refractivity contribution is 5.95. The van der Waals surface area contributed by atoms with E-state index >= 15 is 0 Å². The number of para-hydroxylation sites is 1. The first-order valence-electron chi connectivity index (χ1n) is 5.56. The van der Waals surface area contributed by atoms with Gasteiger partial charge in [0.05, 0.1) is 5.56 Å². The van der Waals surface area contributed by atoms with Gasteiger partial charge >= 0.3 is 0 Å². The van der Waals surface area contributed by atoms with E-state index in [0.29, 0.717) is 11.3 Å². The minimum atomic E-state index is -0.596. The molecule has 0 radical (unpaired) electrons. The Balaban J connectivity index is 2.45. The molecule has 5 nitrogen and oxygen atoms in total. The maximum atomic E-state index is 11.3. The number of carbonyl (C=O) groups excluding carboxylic acids is 1. The Morgan fingerprint density at radius 2 is 2.05 bits per heavy atom. The fraction of sp³-hybridized carbons (Fsp3) is 0.0714. The van der Waals surface area contributed by atoms with Crippen molar-refractivity contribution >= 4 is 5.91 Å². The van der Waals surface area contributed by atoms with Crippen molar-refractivity contribution in [1.29, 1.82) is 5.26 Å². The van der Waals surface area contributed by atoms with Crippen LogP contribution in [0.5, 0.6) is 11.6 Å². The van der Waals surface area contributed by atoms with Crippen molar-refractivity contribution in [3.8, 4) is 17.7 Å². The lowest BCUT2D eigenvalue weighted by atomic mass is 10.2. The summed E-state index contributed by atoms with van der Waals surface area (Å²) in [5.74, 6) is -0.150. The molecule has 0 spiro atoms. The summed E-state index contributed by atoms with van der Waals surface area (Å²) in [6, 6.07) is 11.9. The highest BCUT2D eigenvalue weighted by atomic mass is 16.5. The third-order valence-corrected chi connectivity index (χ3v) is 2.48. The first-order chi connectivity index (χ1) is 9.11. The Hall–Kier alpha value is -2.87. The van der Waals surface area contributed by atoms with Gasteiger partial charge < -0.3 is 10.5 Å². The number of nitriles is 1. The molecule has 0 aliphatic heterocycles. The number of ether oxygens (including phenoxy) is 1. The number of hydrogen-bond donors (Lipinski definition) is 1. The largest absolute Gasteiger partial charge is 0.437 e. The Bertz CT molecular complexity index is 675. The zero-order chi connectivity index (χ0) is 13.8. The smallest absolute Gasteiger partial charge is 0.252 e. The number of hydrogen-bond acceptors (Lipinski definition) is 4. The number of primary amides is 1. The quantitative estimate of drug-likeness (QED) is 0.907. The fourth-order valence-electron chi connectivity index (χ4n) is 1.56. The number of amides is 1. The van der Waals surface area contributed by atoms with E-state index in [1.54, 1.807) is 43.3 Å². The van der Waals surface area contributed by atoms with Crippen LogP contribution in [0.15, 0.2) is 36.4 Å². The highest BCUT2D eigenvalue weighted by Gasteiger charge is 2.12. The van der Waals surface area contributed by atoms with E-state index in [2.05, 4.69) is 4.98 Å². The number of aryl methyl sites for hydroxylation is 1. The topological polar surface area (TPSA) is 89.0 Å². The summed E-state index contributed by atoms with van der Waals surface area (Å²) in [5.41, 5.74) is 6.52. The lowest BCUT2D eigenvalue weighted by molar-refractivity contribution is 0.0998. The van der Waals surface area contributed by atoms with Gasteiger partial charge in [-0.3, -0.25) is 4.79 Å². The van der Waals surface area contributed by atoms with E-state index < -0.39 is 5.91 Å². The molecule has 0 aliphatic rings. The molecule has 5 heteroatoms. The van der Waals surface area contributed by atoms with Gasteiger partial charge in [0.1, 0.15) is 17.4 Å². The summed E-state index contributed by atoms with van der Waals surface area (Å²) < 4.78 is 5.54. The third kappa shape index (κ3) is 2.69. The van der Waals surface area contributed by atoms with Crippen molar-refractivity contribution in [3.05, 3.63) is 53.2 Å². The van der Waals surface area contributed by atoms with Gasteiger partial charge in [-0.15, -0.1) is 0 Å². The molecule has 0 fully saturated rings. The number of rotatable bonds is 3. The van der Waals surface area contributed by atoms with Crippen LogP contribution in [0.25, 0.3) is 0 Å². The van der Waals surface area contributed by atoms with Gasteiger partial charge in [-0.25, -0.2) is 4.98 Å². The minimum absolute atomic E-state index is 0.163. The van der Waals surface area contributed by atoms with Gasteiger partial charge in [0.2, 0.25) is 5.88 Å². The standard InChI is InChI=1S/C14H11N3O2/c1-9-6-7-10(8-15)14(17-9)19-12-5-3-2-4-11(12)13(16)18/h2-7H,1H3,(H2,16,18). The molecule has 1 heterocycles. The van der Waals surface area contributed by atoms with Crippen molar-refractivity contribution in [2.24, 2.45) is 5.73 Å². The molecule has 0 saturated carbocycles. The summed E-state index contributed by atoms with van der Waals surface area (Å²) in [7, 11) is 0. The highest BCUT2D eigenvalue weighted by Crippen LogP contribution is 2.26. The normalized spacial score (nSPS) is 9.68. The second kappa shape index (κ2) is 5.19. The third-order valence-electron chi connectivity index (χ3n) is 2.48. The second-order valence-electron chi connectivity index (χ2n) is 3.88. The minimum Gasteiger partial charge on any atom is -0.437 e. The van der Waals surface area contributed by atoms with Crippen LogP contribution in [-0.2, 0) is 0 Å². The van der Waals surface area contributed by atoms with E-state index in [1.807, 2.05) is 6.07 Å². The fourth-order valence-corrected chi connectivity index (χ4v) is 1.56. The number of nitrogens with two attached hydrogens (primary N) is 1. The zero-order valence-corrected chi connectivity index (χ0v) is 10.3. The molecule has 0 bridgehead atoms. The molecule has 2 N–H and O–H groups in total. The van der Waals surface area contributed by atoms with E-state index in [9.17, 15) is 4.79 Å². The molecular formula is C14H11N3O2. The predicted molar refractivity (Wildman–Crippen MR) is 68.7 cm³/mol. The Morgan fingerprint density at radius 1 is 1.32 bits per heavy atom. The summed E-state index contributed by atoms with van der Waals surface area (Å²) in [4.78, 5) is 15.4. The van der Waals surface area contributed by atoms with Gasteiger partial charge in [-0.05, 0) is 31.2 Å². The Morgan fingerprint density at radius 3 is 2.74 bits per heavy atom. The molecular weight excluding hydrogens is 242 g/mol. The molecule has 2 rings (SSSR count). The SMILES string of the molecule is Cc1ccc(C#N)c(Oc2ccccc2C(N)=O)n1. The van der Waals surface area contributed by atoms with Gasteiger partial charge in [-0.1, -0.05) is 12.1 Å². The number of aromatic nitrogens is 1. The Kier molecular flexibility index (Phi) is 3.44. The molecule has 2 aromatic rings. The Labute approximate surface area is 110 Å². The van der Waals surface area contributed by atoms with E-state index in [-0.39, 0.29) is 17.2 Å². The molecule has 1 aromatic heterocycles. The zero-order valence-electron chi connectivity index (χ0n) is 10.3. The van der Waals surface area contributed by atoms with E-state index in [1.165, 1.54) is 0 Å². The van der Waals surface area contributed by atoms with Crippen LogP contribution in [0.3, 0.4) is 0 Å². The molecule has 0 aliphatic carbocycles. The second-order valence-corrected chi connectivity index (χ2v) is 3.88. The maximum Gasteiger partial charge on any atom is 0.252 e. The molecule has 0 saturated heterocycles. The summed E-state index contributed by atoms with van der Waals surface area (Å²) in [6.45, 7) is 1.79. The first-order valence-corrected chi connectivity index (χ1v) is 5.56. The van der Waals surface area contributed by atoms with Crippen LogP contribution in [-0.4, -0.2) is 10.9 Å². The van der Waals surface area contributed by atoms with Gasteiger partial charge in [0.25, 0.3) is 5.91 Å². The van der Waals surface area contributed by atoms with Crippen LogP contribution in [0.1, 0.15) is 21.6 Å². The van der Waals surface area contributed by atoms with Crippen LogP contribution in [0.4, 0.5) is 0 Å². The maximum absolute atomic E-state index is 11.3. The van der Waals surface area contributed by atoms with Crippen molar-refractivity contribution in [3.63, 3.8) is 0 Å². The molecule has 94 valence electrons. The van der Waals surface area contributed by atoms with Crippen LogP contribution < -0.4 is 10.5 Å². The van der Waals surface area contributed by atoms with Crippen molar-refractivity contribution in [1.82, 2.24) is 4.98 Å². The first kappa shape index (κ1) is 12.6. The molecule has 1 amide bonds. The van der Waals surface area contributed by atoms with Gasteiger partial charge in [0.15, 0.2) is 0 Å². The van der Waals surface area contributed by atoms with Crippen molar-refractivity contribution in [2.45, 2.75) is 6.92 Å². The summed E-state index contributed by atoms with van der Waals surface area (Å²) >= 11 is 0. The van der Waals surface area contributed by atoms with Gasteiger partial charge in [0, 0.05) is 5.69 Å². The van der Waals surface area contributed by atoms with Crippen LogP contribution in [0.2, 0.25) is 0 Å². The molecule has 0 atom stereocenters. The molecule has 1 aromatic carbocycles. The summed E-state index contributed by atoms with van der Waals surface area (Å²) in [6.07, 6.45) is 0. The average molecular weight is 253 g/mol. The number of carbonyl (C=O) groups is 1. The van der Waals surface area contributed by atoms with E-state index in [0.717, 1.165) is 0 Å². The number of benzene rings is 1. The van der Waals surface area contributed by atoms with Crippen molar-refractivity contribution in [2.75, 3.05) is 0 Å². The predicted octanol–water partition coefficient (Wildman–Crippen LogP) is 2.15. The number of nitrogens with zero attached hydrogens (tertiary/aromatic N) is 2. The molecule has 0 unspecified atom stereocenters. The summed E-state index contributed by atoms with van der Waals surface area (Å²) in [5, 5.41) is 9.00. The average Bonchev–Trinajstić information content (AvgIpc) is 2.39. The van der Waals surface area contributed by atoms with Crippen LogP contribution >= 0.6 is 0 Å². The van der Waals surface area contributed by atoms with Crippen LogP contribution in [0, 0.1) is 18.3 Å². The lowest BCUT2D eigenvalue weighted by Gasteiger charge is -2.09. The van der Waals surface area contributed by atoms with Crippen molar-refractivity contribution < 1.29 is 9.53 Å². The van der Waals surface area contributed by atoms with Gasteiger partial charge in [-0.2, -0.15) is 5.26 Å². The number of pyridine rings is 1. The van der Waals surface area contributed by atoms with E-state index in [4.69, 9.17) is 15.7 Å². The lowest BCUT2D eigenvalue weighted by Crippen LogP contribution is -2.12. The molecule has 19 heavy (non-hydrogen) atoms.